The summed E-state index contributed by atoms with van der Waals surface area (Å²) in [7, 11) is 0. The number of aliphatic hydroxyl groups excluding tert-OH is 1. The van der Waals surface area contributed by atoms with Gasteiger partial charge in [-0.2, -0.15) is 0 Å². The number of aryl methyl sites for hydroxylation is 1. The van der Waals surface area contributed by atoms with Gasteiger partial charge in [0.05, 0.1) is 11.8 Å². The summed E-state index contributed by atoms with van der Waals surface area (Å²) >= 11 is 0. The molecule has 12 heteroatoms. The smallest absolute Gasteiger partial charge is 0.573 e. The number of alkyl halides is 3. The molecular formula is C23H26F3MnN4O4-. The van der Waals surface area contributed by atoms with Crippen LogP contribution in [0.25, 0.3) is 5.73 Å². The molecule has 0 bridgehead atoms. The molecular weight excluding hydrogens is 508 g/mol. The number of nitrogens with one attached hydrogen (secondary N) is 1. The minimum Gasteiger partial charge on any atom is -0.665 e. The first-order chi connectivity index (χ1) is 16.1. The largest absolute Gasteiger partial charge is 0.665 e. The Kier molecular flexibility index (Phi) is 10.4. The molecule has 0 aliphatic carbocycles. The molecule has 2 atom stereocenters. The van der Waals surface area contributed by atoms with Gasteiger partial charge in [0.2, 0.25) is 5.91 Å². The Bertz CT molecular complexity index is 955. The van der Waals surface area contributed by atoms with Crippen LogP contribution in [-0.2, 0) is 33.1 Å². The van der Waals surface area contributed by atoms with E-state index >= 15 is 0 Å². The van der Waals surface area contributed by atoms with Crippen LogP contribution in [0.5, 0.6) is 5.75 Å². The fraction of sp³-hybridized carbons (Fsp3) is 0.435. The molecule has 1 unspecified atom stereocenters. The number of pyridine rings is 1. The number of piperazine rings is 1. The van der Waals surface area contributed by atoms with Crippen LogP contribution in [-0.4, -0.2) is 65.5 Å². The zero-order valence-electron chi connectivity index (χ0n) is 18.7. The van der Waals surface area contributed by atoms with Gasteiger partial charge < -0.3 is 30.2 Å². The number of benzene rings is 1. The van der Waals surface area contributed by atoms with E-state index in [1.54, 1.807) is 11.1 Å². The van der Waals surface area contributed by atoms with Crippen LogP contribution in [0.2, 0.25) is 0 Å². The van der Waals surface area contributed by atoms with Gasteiger partial charge >= 0.3 is 6.36 Å². The fourth-order valence-electron chi connectivity index (χ4n) is 3.91. The van der Waals surface area contributed by atoms with E-state index < -0.39 is 24.3 Å². The molecule has 1 aromatic carbocycles. The average Bonchev–Trinajstić information content (AvgIpc) is 2.82. The molecule has 3 rings (SSSR count). The third kappa shape index (κ3) is 8.41. The molecule has 1 fully saturated rings. The number of hydrogen-bond acceptors (Lipinski definition) is 6. The number of carbonyl (C=O) groups is 2. The van der Waals surface area contributed by atoms with Crippen molar-refractivity contribution in [3.05, 3.63) is 60.0 Å². The maximum Gasteiger partial charge on any atom is 0.573 e. The van der Waals surface area contributed by atoms with E-state index in [1.165, 1.54) is 24.3 Å². The third-order valence-electron chi connectivity index (χ3n) is 5.67. The summed E-state index contributed by atoms with van der Waals surface area (Å²) in [4.78, 5) is 32.5. The second-order valence-corrected chi connectivity index (χ2v) is 8.00. The summed E-state index contributed by atoms with van der Waals surface area (Å²) in [5, 5.41) is 10.2. The van der Waals surface area contributed by atoms with Crippen molar-refractivity contribution in [2.45, 2.75) is 31.7 Å². The van der Waals surface area contributed by atoms with E-state index in [9.17, 15) is 27.9 Å². The molecule has 1 aliphatic heterocycles. The van der Waals surface area contributed by atoms with Crippen molar-refractivity contribution in [3.8, 4) is 5.75 Å². The zero-order valence-corrected chi connectivity index (χ0v) is 19.9. The number of halogens is 3. The normalized spacial score (nSPS) is 15.7. The molecule has 2 aromatic rings. The van der Waals surface area contributed by atoms with Crippen LogP contribution in [0.1, 0.15) is 18.4 Å². The van der Waals surface area contributed by atoms with Crippen LogP contribution in [0, 0.1) is 5.92 Å². The van der Waals surface area contributed by atoms with Crippen molar-refractivity contribution in [2.75, 3.05) is 31.1 Å². The summed E-state index contributed by atoms with van der Waals surface area (Å²) in [5.41, 5.74) is 8.00. The molecule has 1 aliphatic rings. The van der Waals surface area contributed by atoms with Gasteiger partial charge in [-0.1, -0.05) is 18.2 Å². The van der Waals surface area contributed by atoms with Gasteiger partial charge in [0.1, 0.15) is 17.7 Å². The molecule has 0 spiro atoms. The number of anilines is 1. The number of amides is 2. The molecule has 191 valence electrons. The first-order valence-corrected chi connectivity index (χ1v) is 10.9. The Hall–Kier alpha value is -2.82. The number of rotatable bonds is 9. The zero-order chi connectivity index (χ0) is 24.7. The number of hydrogen-bond donors (Lipinski definition) is 1. The average molecular weight is 534 g/mol. The van der Waals surface area contributed by atoms with E-state index in [1.807, 2.05) is 23.1 Å². The van der Waals surface area contributed by atoms with Crippen LogP contribution in [0.15, 0.2) is 48.7 Å². The summed E-state index contributed by atoms with van der Waals surface area (Å²) in [5.74, 6) is -2.19. The maximum atomic E-state index is 13.1. The first-order valence-electron chi connectivity index (χ1n) is 10.9. The van der Waals surface area contributed by atoms with E-state index in [0.717, 1.165) is 11.4 Å². The topological polar surface area (TPSA) is 107 Å². The van der Waals surface area contributed by atoms with Gasteiger partial charge in [0.25, 0.3) is 0 Å². The van der Waals surface area contributed by atoms with Crippen molar-refractivity contribution in [1.82, 2.24) is 9.88 Å². The summed E-state index contributed by atoms with van der Waals surface area (Å²) in [6, 6.07) is 11.0. The molecule has 2 N–H and O–H groups in total. The van der Waals surface area contributed by atoms with Crippen LogP contribution in [0.3, 0.4) is 0 Å². The van der Waals surface area contributed by atoms with Crippen molar-refractivity contribution in [1.29, 1.82) is 0 Å². The molecule has 8 nitrogen and oxygen atoms in total. The van der Waals surface area contributed by atoms with Crippen LogP contribution < -0.4 is 9.64 Å². The second kappa shape index (κ2) is 12.8. The minimum absolute atomic E-state index is 0. The summed E-state index contributed by atoms with van der Waals surface area (Å²) < 4.78 is 40.7. The summed E-state index contributed by atoms with van der Waals surface area (Å²) in [6.07, 6.45) is -3.83. The van der Waals surface area contributed by atoms with Gasteiger partial charge in [-0.05, 0) is 49.1 Å². The molecule has 35 heavy (non-hydrogen) atoms. The van der Waals surface area contributed by atoms with E-state index in [2.05, 4.69) is 9.72 Å². The van der Waals surface area contributed by atoms with E-state index in [-0.39, 0.29) is 35.1 Å². The monoisotopic (exact) mass is 534 g/mol. The van der Waals surface area contributed by atoms with Crippen LogP contribution in [0.4, 0.5) is 19.0 Å². The van der Waals surface area contributed by atoms with E-state index in [4.69, 9.17) is 5.73 Å². The Labute approximate surface area is 211 Å². The molecule has 2 amide bonds. The number of ether oxygens (including phenoxy) is 1. The predicted octanol–water partition coefficient (Wildman–Crippen LogP) is 3.21. The Morgan fingerprint density at radius 3 is 2.29 bits per heavy atom. The van der Waals surface area contributed by atoms with Crippen molar-refractivity contribution in [3.63, 3.8) is 0 Å². The Balaban J connectivity index is 0.00000432. The molecule has 1 aromatic heterocycles. The predicted molar refractivity (Wildman–Crippen MR) is 118 cm³/mol. The SMILES string of the molecule is [Mn].[NH-]C(=O)[C@@H](O)C(CCCc1ccc(OC(F)(F)F)cc1)C(=O)N1CCN(c2ccccn2)CC1. The fourth-order valence-corrected chi connectivity index (χ4v) is 3.91. The second-order valence-electron chi connectivity index (χ2n) is 8.00. The van der Waals surface area contributed by atoms with Crippen molar-refractivity contribution < 1.29 is 49.7 Å². The Morgan fingerprint density at radius 2 is 1.74 bits per heavy atom. The standard InChI is InChI=1S/C23H27F3N4O4.Mn/c24-23(25,26)34-17-9-7-16(8-10-17)4-3-5-18(20(31)21(27)32)22(33)30-14-12-29(13-15-30)19-6-1-2-11-28-19;/h1-2,6-11,18,20,31H,3-5,12-15H2,(H2,27,32);/p-1/t18?,20-;/m0./s1. The third-order valence-corrected chi connectivity index (χ3v) is 5.67. The summed E-state index contributed by atoms with van der Waals surface area (Å²) in [6.45, 7) is 1.89. The van der Waals surface area contributed by atoms with Crippen molar-refractivity contribution in [2.24, 2.45) is 5.92 Å². The molecule has 2 heterocycles. The van der Waals surface area contributed by atoms with Crippen molar-refractivity contribution >= 4 is 17.6 Å². The van der Waals surface area contributed by atoms with Gasteiger partial charge in [-0.3, -0.25) is 4.79 Å². The molecule has 0 saturated carbocycles. The first kappa shape index (κ1) is 28.4. The number of aromatic nitrogens is 1. The quantitative estimate of drug-likeness (QED) is 0.496. The number of nitrogens with zero attached hydrogens (tertiary/aromatic N) is 3. The number of aliphatic hydroxyl groups is 1. The van der Waals surface area contributed by atoms with Crippen LogP contribution >= 0.6 is 0 Å². The molecule has 1 saturated heterocycles. The van der Waals surface area contributed by atoms with E-state index in [0.29, 0.717) is 39.0 Å². The maximum absolute atomic E-state index is 13.1. The van der Waals surface area contributed by atoms with Gasteiger partial charge in [-0.25, -0.2) is 4.98 Å². The van der Waals surface area contributed by atoms with Gasteiger partial charge in [0, 0.05) is 49.4 Å². The molecule has 1 radical (unpaired) electrons. The van der Waals surface area contributed by atoms with Gasteiger partial charge in [-0.15, -0.1) is 13.2 Å². The number of carbonyl (C=O) groups excluding carboxylic acids is 2. The van der Waals surface area contributed by atoms with Gasteiger partial charge in [0.15, 0.2) is 0 Å². The Morgan fingerprint density at radius 1 is 1.09 bits per heavy atom. The minimum atomic E-state index is -4.77.